The number of piperidine rings is 1. The first-order valence-corrected chi connectivity index (χ1v) is 6.26. The zero-order valence-corrected chi connectivity index (χ0v) is 10.0. The summed E-state index contributed by atoms with van der Waals surface area (Å²) in [4.78, 5) is 20.2. The van der Waals surface area contributed by atoms with Crippen molar-refractivity contribution in [3.63, 3.8) is 0 Å². The highest BCUT2D eigenvalue weighted by molar-refractivity contribution is 5.37. The summed E-state index contributed by atoms with van der Waals surface area (Å²) < 4.78 is 0. The molecule has 2 aliphatic heterocycles. The lowest BCUT2D eigenvalue weighted by Crippen LogP contribution is -2.47. The monoisotopic (exact) mass is 234 g/mol. The van der Waals surface area contributed by atoms with Gasteiger partial charge in [-0.2, -0.15) is 0 Å². The van der Waals surface area contributed by atoms with Crippen LogP contribution >= 0.6 is 0 Å². The van der Waals surface area contributed by atoms with Crippen molar-refractivity contribution < 1.29 is 0 Å². The minimum absolute atomic E-state index is 0.0845. The lowest BCUT2D eigenvalue weighted by molar-refractivity contribution is 0.353. The predicted octanol–water partition coefficient (Wildman–Crippen LogP) is 0.489. The van der Waals surface area contributed by atoms with Crippen molar-refractivity contribution in [2.45, 2.75) is 43.8 Å². The number of hydrogen-bond acceptors (Lipinski definition) is 4. The van der Waals surface area contributed by atoms with E-state index < -0.39 is 0 Å². The van der Waals surface area contributed by atoms with E-state index >= 15 is 0 Å². The molecule has 5 nitrogen and oxygen atoms in total. The van der Waals surface area contributed by atoms with Crippen LogP contribution in [-0.2, 0) is 0 Å². The summed E-state index contributed by atoms with van der Waals surface area (Å²) >= 11 is 0. The molecule has 2 saturated heterocycles. The SMILES string of the molecule is CN(c1cc(=O)[nH]cn1)C1CC2CCC(C1)N2. The minimum atomic E-state index is -0.0845. The molecule has 17 heavy (non-hydrogen) atoms. The predicted molar refractivity (Wildman–Crippen MR) is 66.2 cm³/mol. The smallest absolute Gasteiger partial charge is 0.252 e. The van der Waals surface area contributed by atoms with Crippen LogP contribution in [-0.4, -0.2) is 35.1 Å². The fourth-order valence-corrected chi connectivity index (χ4v) is 3.08. The van der Waals surface area contributed by atoms with Gasteiger partial charge in [-0.3, -0.25) is 4.79 Å². The zero-order valence-electron chi connectivity index (χ0n) is 10.0. The van der Waals surface area contributed by atoms with E-state index in [0.29, 0.717) is 18.1 Å². The van der Waals surface area contributed by atoms with Gasteiger partial charge in [0.2, 0.25) is 0 Å². The molecule has 0 aromatic carbocycles. The molecule has 2 bridgehead atoms. The Balaban J connectivity index is 1.78. The van der Waals surface area contributed by atoms with Crippen molar-refractivity contribution in [1.29, 1.82) is 0 Å². The fourth-order valence-electron chi connectivity index (χ4n) is 3.08. The molecule has 2 unspecified atom stereocenters. The molecule has 0 radical (unpaired) electrons. The van der Waals surface area contributed by atoms with Crippen LogP contribution in [0.5, 0.6) is 0 Å². The molecule has 0 spiro atoms. The molecule has 2 N–H and O–H groups in total. The van der Waals surface area contributed by atoms with Crippen molar-refractivity contribution in [2.24, 2.45) is 0 Å². The number of nitrogens with zero attached hydrogens (tertiary/aromatic N) is 2. The minimum Gasteiger partial charge on any atom is -0.356 e. The molecule has 3 rings (SSSR count). The summed E-state index contributed by atoms with van der Waals surface area (Å²) in [5.74, 6) is 0.778. The Kier molecular flexibility index (Phi) is 2.63. The second-order valence-electron chi connectivity index (χ2n) is 5.14. The molecular weight excluding hydrogens is 216 g/mol. The van der Waals surface area contributed by atoms with Crippen LogP contribution in [0.4, 0.5) is 5.82 Å². The van der Waals surface area contributed by atoms with Crippen LogP contribution < -0.4 is 15.8 Å². The van der Waals surface area contributed by atoms with Crippen LogP contribution in [0.1, 0.15) is 25.7 Å². The Bertz CT molecular complexity index is 446. The van der Waals surface area contributed by atoms with Crippen LogP contribution in [0.3, 0.4) is 0 Å². The highest BCUT2D eigenvalue weighted by Gasteiger charge is 2.35. The van der Waals surface area contributed by atoms with E-state index in [4.69, 9.17) is 0 Å². The number of rotatable bonds is 2. The summed E-state index contributed by atoms with van der Waals surface area (Å²) in [5, 5.41) is 3.62. The second-order valence-corrected chi connectivity index (χ2v) is 5.14. The maximum absolute atomic E-state index is 11.3. The molecule has 1 aromatic heterocycles. The number of H-pyrrole nitrogens is 1. The van der Waals surface area contributed by atoms with Gasteiger partial charge in [-0.1, -0.05) is 0 Å². The van der Waals surface area contributed by atoms with Crippen molar-refractivity contribution in [3.05, 3.63) is 22.7 Å². The van der Waals surface area contributed by atoms with Gasteiger partial charge in [0.15, 0.2) is 0 Å². The highest BCUT2D eigenvalue weighted by atomic mass is 16.1. The van der Waals surface area contributed by atoms with Crippen molar-refractivity contribution >= 4 is 5.82 Å². The Labute approximate surface area is 100 Å². The summed E-state index contributed by atoms with van der Waals surface area (Å²) in [7, 11) is 2.04. The van der Waals surface area contributed by atoms with Gasteiger partial charge in [0.1, 0.15) is 5.82 Å². The van der Waals surface area contributed by atoms with E-state index in [9.17, 15) is 4.79 Å². The van der Waals surface area contributed by atoms with Crippen LogP contribution in [0.15, 0.2) is 17.2 Å². The van der Waals surface area contributed by atoms with Crippen molar-refractivity contribution in [1.82, 2.24) is 15.3 Å². The Morgan fingerprint density at radius 3 is 2.71 bits per heavy atom. The van der Waals surface area contributed by atoms with Crippen LogP contribution in [0.2, 0.25) is 0 Å². The van der Waals surface area contributed by atoms with E-state index in [2.05, 4.69) is 20.2 Å². The van der Waals surface area contributed by atoms with E-state index in [1.807, 2.05) is 7.05 Å². The molecule has 1 aromatic rings. The molecule has 0 aliphatic carbocycles. The summed E-state index contributed by atoms with van der Waals surface area (Å²) in [6, 6.07) is 3.39. The Hall–Kier alpha value is -1.36. The molecule has 2 atom stereocenters. The zero-order chi connectivity index (χ0) is 11.8. The summed E-state index contributed by atoms with van der Waals surface area (Å²) in [6.45, 7) is 0. The molecule has 2 fully saturated rings. The third kappa shape index (κ3) is 2.07. The third-order valence-corrected chi connectivity index (χ3v) is 4.02. The van der Waals surface area contributed by atoms with E-state index in [1.54, 1.807) is 6.07 Å². The first kappa shape index (κ1) is 10.8. The van der Waals surface area contributed by atoms with E-state index in [-0.39, 0.29) is 5.56 Å². The lowest BCUT2D eigenvalue weighted by atomic mass is 9.98. The number of anilines is 1. The van der Waals surface area contributed by atoms with Crippen LogP contribution in [0, 0.1) is 0 Å². The number of fused-ring (bicyclic) bond motifs is 2. The van der Waals surface area contributed by atoms with E-state index in [1.165, 1.54) is 19.2 Å². The first-order valence-electron chi connectivity index (χ1n) is 6.26. The normalized spacial score (nSPS) is 31.5. The molecule has 3 heterocycles. The number of hydrogen-bond donors (Lipinski definition) is 2. The standard InChI is InChI=1S/C12H18N4O/c1-16(11-6-12(17)14-7-13-11)10-4-8-2-3-9(5-10)15-8/h6-10,15H,2-5H2,1H3,(H,13,14,17). The molecule has 0 amide bonds. The maximum Gasteiger partial charge on any atom is 0.252 e. The maximum atomic E-state index is 11.3. The van der Waals surface area contributed by atoms with Crippen LogP contribution in [0.25, 0.3) is 0 Å². The Morgan fingerprint density at radius 2 is 2.06 bits per heavy atom. The third-order valence-electron chi connectivity index (χ3n) is 4.02. The molecule has 92 valence electrons. The van der Waals surface area contributed by atoms with Gasteiger partial charge >= 0.3 is 0 Å². The lowest BCUT2D eigenvalue weighted by Gasteiger charge is -2.36. The van der Waals surface area contributed by atoms with Gasteiger partial charge in [0, 0.05) is 31.2 Å². The van der Waals surface area contributed by atoms with Gasteiger partial charge in [0.05, 0.1) is 6.33 Å². The van der Waals surface area contributed by atoms with Gasteiger partial charge in [-0.15, -0.1) is 0 Å². The second kappa shape index (κ2) is 4.14. The number of nitrogens with one attached hydrogen (secondary N) is 2. The number of aromatic nitrogens is 2. The topological polar surface area (TPSA) is 61.0 Å². The average molecular weight is 234 g/mol. The average Bonchev–Trinajstić information content (AvgIpc) is 2.67. The van der Waals surface area contributed by atoms with Gasteiger partial charge in [-0.25, -0.2) is 4.98 Å². The highest BCUT2D eigenvalue weighted by Crippen LogP contribution is 2.30. The van der Waals surface area contributed by atoms with Crippen molar-refractivity contribution in [2.75, 3.05) is 11.9 Å². The largest absolute Gasteiger partial charge is 0.356 e. The van der Waals surface area contributed by atoms with Crippen molar-refractivity contribution in [3.8, 4) is 0 Å². The quantitative estimate of drug-likeness (QED) is 0.782. The Morgan fingerprint density at radius 1 is 1.35 bits per heavy atom. The van der Waals surface area contributed by atoms with E-state index in [0.717, 1.165) is 18.7 Å². The molecule has 2 aliphatic rings. The van der Waals surface area contributed by atoms with Gasteiger partial charge in [0.25, 0.3) is 5.56 Å². The molecule has 5 heteroatoms. The first-order chi connectivity index (χ1) is 8.22. The van der Waals surface area contributed by atoms with Gasteiger partial charge in [-0.05, 0) is 25.7 Å². The molecular formula is C12H18N4O. The fraction of sp³-hybridized carbons (Fsp3) is 0.667. The number of aromatic amines is 1. The molecule has 0 saturated carbocycles. The summed E-state index contributed by atoms with van der Waals surface area (Å²) in [6.07, 6.45) is 6.36. The van der Waals surface area contributed by atoms with Gasteiger partial charge < -0.3 is 15.2 Å². The summed E-state index contributed by atoms with van der Waals surface area (Å²) in [5.41, 5.74) is -0.0845.